The van der Waals surface area contributed by atoms with Crippen molar-refractivity contribution in [1.29, 1.82) is 5.26 Å². The summed E-state index contributed by atoms with van der Waals surface area (Å²) >= 11 is 2.99. The van der Waals surface area contributed by atoms with E-state index in [2.05, 4.69) is 35.1 Å². The highest BCUT2D eigenvalue weighted by molar-refractivity contribution is 7.99. The van der Waals surface area contributed by atoms with Gasteiger partial charge in [-0.2, -0.15) is 5.26 Å². The number of benzene rings is 2. The van der Waals surface area contributed by atoms with Crippen molar-refractivity contribution >= 4 is 23.5 Å². The van der Waals surface area contributed by atoms with Crippen molar-refractivity contribution in [2.45, 2.75) is 28.9 Å². The first-order valence-corrected chi connectivity index (χ1v) is 9.82. The highest BCUT2D eigenvalue weighted by Gasteiger charge is 2.17. The van der Waals surface area contributed by atoms with E-state index in [1.54, 1.807) is 0 Å². The maximum Gasteiger partial charge on any atom is 0.189 e. The fourth-order valence-corrected chi connectivity index (χ4v) is 3.81. The van der Waals surface area contributed by atoms with Crippen LogP contribution in [-0.4, -0.2) is 16.2 Å². The van der Waals surface area contributed by atoms with Crippen molar-refractivity contribution < 1.29 is 0 Å². The van der Waals surface area contributed by atoms with E-state index in [9.17, 15) is 5.26 Å². The van der Waals surface area contributed by atoms with Gasteiger partial charge in [0.15, 0.2) is 5.16 Å². The van der Waals surface area contributed by atoms with Gasteiger partial charge < -0.3 is 0 Å². The lowest BCUT2D eigenvalue weighted by molar-refractivity contribution is 0.890. The van der Waals surface area contributed by atoms with E-state index >= 15 is 0 Å². The van der Waals surface area contributed by atoms with E-state index in [-0.39, 0.29) is 0 Å². The van der Waals surface area contributed by atoms with Crippen molar-refractivity contribution in [1.82, 2.24) is 9.97 Å². The third-order valence-electron chi connectivity index (χ3n) is 3.68. The minimum absolute atomic E-state index is 0.521. The summed E-state index contributed by atoms with van der Waals surface area (Å²) in [5.74, 6) is 0. The Kier molecular flexibility index (Phi) is 5.42. The van der Waals surface area contributed by atoms with Crippen LogP contribution in [-0.2, 0) is 0 Å². The number of nitriles is 1. The summed E-state index contributed by atoms with van der Waals surface area (Å²) in [7, 11) is 0. The second-order valence-corrected chi connectivity index (χ2v) is 7.47. The monoisotopic (exact) mass is 363 g/mol. The lowest BCUT2D eigenvalue weighted by atomic mass is 10.1. The van der Waals surface area contributed by atoms with Gasteiger partial charge in [0.05, 0.1) is 5.69 Å². The van der Waals surface area contributed by atoms with Gasteiger partial charge in [0.25, 0.3) is 0 Å². The Morgan fingerprint density at radius 3 is 2.36 bits per heavy atom. The summed E-state index contributed by atoms with van der Waals surface area (Å²) in [6.07, 6.45) is 1.95. The molecule has 0 radical (unpaired) electrons. The average molecular weight is 364 g/mol. The van der Waals surface area contributed by atoms with Crippen molar-refractivity contribution in [3.05, 3.63) is 65.2 Å². The molecule has 0 aliphatic rings. The van der Waals surface area contributed by atoms with E-state index < -0.39 is 0 Å². The van der Waals surface area contributed by atoms with Gasteiger partial charge in [0.1, 0.15) is 16.7 Å². The first-order valence-electron chi connectivity index (χ1n) is 7.78. The highest BCUT2D eigenvalue weighted by Crippen LogP contribution is 2.34. The molecule has 0 bridgehead atoms. The van der Waals surface area contributed by atoms with Crippen LogP contribution >= 0.6 is 23.5 Å². The summed E-state index contributed by atoms with van der Waals surface area (Å²) in [5, 5.41) is 11.1. The molecule has 0 atom stereocenters. The molecular formula is C20H17N3S2. The summed E-state index contributed by atoms with van der Waals surface area (Å²) in [4.78, 5) is 10.2. The van der Waals surface area contributed by atoms with Crippen molar-refractivity contribution in [2.24, 2.45) is 0 Å². The molecule has 0 saturated carbocycles. The Morgan fingerprint density at radius 2 is 1.72 bits per heavy atom. The molecule has 1 heterocycles. The van der Waals surface area contributed by atoms with Crippen LogP contribution in [0.25, 0.3) is 11.3 Å². The zero-order valence-electron chi connectivity index (χ0n) is 14.3. The number of hydrogen-bond acceptors (Lipinski definition) is 5. The second kappa shape index (κ2) is 7.73. The second-order valence-electron chi connectivity index (χ2n) is 5.64. The number of aryl methyl sites for hydroxylation is 2. The number of nitrogens with zero attached hydrogens (tertiary/aromatic N) is 3. The fourth-order valence-electron chi connectivity index (χ4n) is 2.40. The van der Waals surface area contributed by atoms with Crippen molar-refractivity contribution in [3.63, 3.8) is 0 Å². The maximum atomic E-state index is 9.76. The quantitative estimate of drug-likeness (QED) is 0.348. The van der Waals surface area contributed by atoms with E-state index in [4.69, 9.17) is 0 Å². The fraction of sp³-hybridized carbons (Fsp3) is 0.150. The first-order chi connectivity index (χ1) is 12.1. The van der Waals surface area contributed by atoms with Crippen LogP contribution in [0, 0.1) is 25.2 Å². The molecule has 2 aromatic carbocycles. The van der Waals surface area contributed by atoms with Crippen LogP contribution in [0.1, 0.15) is 16.7 Å². The molecule has 3 aromatic rings. The number of aromatic nitrogens is 2. The molecule has 0 fully saturated rings. The largest absolute Gasteiger partial charge is 0.221 e. The SMILES string of the molecule is CSc1nc(Sc2cccc(C)c2)c(C#N)c(-c2ccc(C)cc2)n1. The number of rotatable bonds is 4. The van der Waals surface area contributed by atoms with Crippen LogP contribution in [0.5, 0.6) is 0 Å². The molecule has 124 valence electrons. The van der Waals surface area contributed by atoms with Crippen molar-refractivity contribution in [2.75, 3.05) is 6.26 Å². The molecule has 0 unspecified atom stereocenters. The van der Waals surface area contributed by atoms with Crippen molar-refractivity contribution in [3.8, 4) is 17.3 Å². The standard InChI is InChI=1S/C20H17N3S2/c1-13-7-9-15(10-8-13)18-17(12-21)19(23-20(22-18)24-3)25-16-6-4-5-14(2)11-16/h4-11H,1-3H3. The lowest BCUT2D eigenvalue weighted by Gasteiger charge is -2.10. The summed E-state index contributed by atoms with van der Waals surface area (Å²) < 4.78 is 0. The number of hydrogen-bond donors (Lipinski definition) is 0. The Hall–Kier alpha value is -2.29. The zero-order valence-corrected chi connectivity index (χ0v) is 15.9. The summed E-state index contributed by atoms with van der Waals surface area (Å²) in [5.41, 5.74) is 4.51. The van der Waals surface area contributed by atoms with Gasteiger partial charge in [-0.15, -0.1) is 0 Å². The minimum Gasteiger partial charge on any atom is -0.221 e. The van der Waals surface area contributed by atoms with Gasteiger partial charge in [-0.3, -0.25) is 0 Å². The Balaban J connectivity index is 2.13. The predicted octanol–water partition coefficient (Wildman–Crippen LogP) is 5.51. The molecule has 0 N–H and O–H groups in total. The van der Waals surface area contributed by atoms with Crippen LogP contribution < -0.4 is 0 Å². The first kappa shape index (κ1) is 17.5. The van der Waals surface area contributed by atoms with Gasteiger partial charge in [-0.05, 0) is 32.2 Å². The Labute approximate surface area is 156 Å². The molecule has 3 nitrogen and oxygen atoms in total. The molecule has 0 spiro atoms. The lowest BCUT2D eigenvalue weighted by Crippen LogP contribution is -1.99. The van der Waals surface area contributed by atoms with Gasteiger partial charge in [-0.25, -0.2) is 9.97 Å². The van der Waals surface area contributed by atoms with Gasteiger partial charge in [-0.1, -0.05) is 71.0 Å². The van der Waals surface area contributed by atoms with Gasteiger partial charge in [0, 0.05) is 10.5 Å². The highest BCUT2D eigenvalue weighted by atomic mass is 32.2. The van der Waals surface area contributed by atoms with E-state index in [1.807, 2.05) is 49.6 Å². The summed E-state index contributed by atoms with van der Waals surface area (Å²) in [6, 6.07) is 18.6. The Bertz CT molecular complexity index is 944. The van der Waals surface area contributed by atoms with E-state index in [0.717, 1.165) is 10.5 Å². The van der Waals surface area contributed by atoms with Gasteiger partial charge in [0.2, 0.25) is 0 Å². The van der Waals surface area contributed by atoms with Gasteiger partial charge >= 0.3 is 0 Å². The smallest absolute Gasteiger partial charge is 0.189 e. The number of thioether (sulfide) groups is 1. The van der Waals surface area contributed by atoms with E-state index in [1.165, 1.54) is 34.7 Å². The Morgan fingerprint density at radius 1 is 0.960 bits per heavy atom. The third-order valence-corrected chi connectivity index (χ3v) is 5.20. The molecule has 1 aromatic heterocycles. The van der Waals surface area contributed by atoms with E-state index in [0.29, 0.717) is 21.4 Å². The van der Waals surface area contributed by atoms with Crippen LogP contribution in [0.15, 0.2) is 63.6 Å². The maximum absolute atomic E-state index is 9.76. The molecule has 0 saturated heterocycles. The minimum atomic E-state index is 0.521. The molecule has 5 heteroatoms. The normalized spacial score (nSPS) is 10.5. The zero-order chi connectivity index (χ0) is 17.8. The topological polar surface area (TPSA) is 49.6 Å². The molecule has 0 aliphatic heterocycles. The van der Waals surface area contributed by atoms with Crippen LogP contribution in [0.4, 0.5) is 0 Å². The van der Waals surface area contributed by atoms with Crippen LogP contribution in [0.2, 0.25) is 0 Å². The third kappa shape index (κ3) is 4.04. The molecule has 0 aliphatic carbocycles. The molecule has 0 amide bonds. The molecule has 3 rings (SSSR count). The molecule has 25 heavy (non-hydrogen) atoms. The average Bonchev–Trinajstić information content (AvgIpc) is 2.61. The predicted molar refractivity (Wildman–Crippen MR) is 104 cm³/mol. The van der Waals surface area contributed by atoms with Crippen LogP contribution in [0.3, 0.4) is 0 Å². The summed E-state index contributed by atoms with van der Waals surface area (Å²) in [6.45, 7) is 4.10. The molecular weight excluding hydrogens is 346 g/mol.